The van der Waals surface area contributed by atoms with Gasteiger partial charge in [-0.2, -0.15) is 5.10 Å². The smallest absolute Gasteiger partial charge is 0.270 e. The molecule has 3 aromatic rings. The predicted molar refractivity (Wildman–Crippen MR) is 85.1 cm³/mol. The van der Waals surface area contributed by atoms with Gasteiger partial charge in [-0.25, -0.2) is 4.98 Å². The Morgan fingerprint density at radius 1 is 1.29 bits per heavy atom. The Labute approximate surface area is 135 Å². The minimum Gasteiger partial charge on any atom is -0.507 e. The fraction of sp³-hybridized carbons (Fsp3) is 0. The summed E-state index contributed by atoms with van der Waals surface area (Å²) in [5.74, 6) is 0.853. The lowest BCUT2D eigenvalue weighted by atomic mass is 10.2. The van der Waals surface area contributed by atoms with E-state index in [0.717, 1.165) is 0 Å². The third-order valence-electron chi connectivity index (χ3n) is 3.02. The number of hydrazone groups is 1. The number of imidazole rings is 1. The van der Waals surface area contributed by atoms with E-state index in [2.05, 4.69) is 25.7 Å². The van der Waals surface area contributed by atoms with Crippen LogP contribution in [0.2, 0.25) is 0 Å². The first-order valence-corrected chi connectivity index (χ1v) is 6.72. The van der Waals surface area contributed by atoms with Crippen LogP contribution in [0.4, 0.5) is 11.5 Å². The molecule has 0 fully saturated rings. The molecular formula is C14H11N7O3. The number of rotatable bonds is 5. The molecule has 0 bridgehead atoms. The summed E-state index contributed by atoms with van der Waals surface area (Å²) in [6.07, 6.45) is 6.22. The third-order valence-corrected chi connectivity index (χ3v) is 3.02. The largest absolute Gasteiger partial charge is 0.507 e. The number of benzene rings is 1. The number of nitrogens with zero attached hydrogens (tertiary/aromatic N) is 6. The van der Waals surface area contributed by atoms with Crippen LogP contribution in [-0.2, 0) is 0 Å². The molecule has 0 radical (unpaired) electrons. The van der Waals surface area contributed by atoms with E-state index >= 15 is 0 Å². The van der Waals surface area contributed by atoms with E-state index in [4.69, 9.17) is 0 Å². The Kier molecular flexibility index (Phi) is 4.10. The lowest BCUT2D eigenvalue weighted by molar-refractivity contribution is -0.384. The molecule has 3 rings (SSSR count). The van der Waals surface area contributed by atoms with Crippen molar-refractivity contribution < 1.29 is 10.0 Å². The van der Waals surface area contributed by atoms with Gasteiger partial charge >= 0.3 is 0 Å². The fourth-order valence-corrected chi connectivity index (χ4v) is 1.84. The van der Waals surface area contributed by atoms with E-state index in [-0.39, 0.29) is 17.0 Å². The number of aromatic nitrogens is 4. The zero-order valence-corrected chi connectivity index (χ0v) is 12.1. The van der Waals surface area contributed by atoms with Crippen molar-refractivity contribution in [1.82, 2.24) is 19.7 Å². The number of phenolic OH excluding ortho intramolecular Hbond substituents is 1. The van der Waals surface area contributed by atoms with Crippen LogP contribution in [0, 0.1) is 10.1 Å². The summed E-state index contributed by atoms with van der Waals surface area (Å²) in [7, 11) is 0. The molecule has 0 saturated carbocycles. The summed E-state index contributed by atoms with van der Waals surface area (Å²) in [6, 6.07) is 7.04. The predicted octanol–water partition coefficient (Wildman–Crippen LogP) is 1.72. The normalized spacial score (nSPS) is 10.8. The van der Waals surface area contributed by atoms with Crippen molar-refractivity contribution >= 4 is 17.7 Å². The SMILES string of the molecule is O=[N+]([O-])c1ccc(O)c(C=NNc2ccc(-n3ccnc3)nn2)c1. The molecule has 2 N–H and O–H groups in total. The maximum atomic E-state index is 10.7. The van der Waals surface area contributed by atoms with Crippen LogP contribution in [0.3, 0.4) is 0 Å². The molecule has 24 heavy (non-hydrogen) atoms. The third kappa shape index (κ3) is 3.32. The summed E-state index contributed by atoms with van der Waals surface area (Å²) in [6.45, 7) is 0. The number of nitrogens with one attached hydrogen (secondary N) is 1. The Bertz CT molecular complexity index is 876. The average Bonchev–Trinajstić information content (AvgIpc) is 3.11. The van der Waals surface area contributed by atoms with Gasteiger partial charge < -0.3 is 5.11 Å². The van der Waals surface area contributed by atoms with Crippen LogP contribution in [-0.4, -0.2) is 36.0 Å². The maximum absolute atomic E-state index is 10.7. The summed E-state index contributed by atoms with van der Waals surface area (Å²) < 4.78 is 1.70. The van der Waals surface area contributed by atoms with Crippen molar-refractivity contribution in [3.8, 4) is 11.6 Å². The highest BCUT2D eigenvalue weighted by Gasteiger charge is 2.08. The molecular weight excluding hydrogens is 314 g/mol. The number of anilines is 1. The standard InChI is InChI=1S/C14H11N7O3/c22-12-2-1-11(21(23)24)7-10(12)8-16-17-13-3-4-14(19-18-13)20-6-5-15-9-20/h1-9,22H,(H,17,18). The second-order valence-corrected chi connectivity index (χ2v) is 4.62. The molecule has 2 aromatic heterocycles. The van der Waals surface area contributed by atoms with E-state index in [1.54, 1.807) is 35.4 Å². The molecule has 0 amide bonds. The summed E-state index contributed by atoms with van der Waals surface area (Å²) in [5.41, 5.74) is 2.70. The number of phenols is 1. The van der Waals surface area contributed by atoms with Gasteiger partial charge in [-0.15, -0.1) is 10.2 Å². The van der Waals surface area contributed by atoms with Gasteiger partial charge in [-0.3, -0.25) is 20.1 Å². The van der Waals surface area contributed by atoms with E-state index in [0.29, 0.717) is 11.6 Å². The average molecular weight is 325 g/mol. The van der Waals surface area contributed by atoms with Gasteiger partial charge in [0.25, 0.3) is 5.69 Å². The molecule has 120 valence electrons. The Morgan fingerprint density at radius 2 is 2.17 bits per heavy atom. The molecule has 10 nitrogen and oxygen atoms in total. The highest BCUT2D eigenvalue weighted by atomic mass is 16.6. The second kappa shape index (κ2) is 6.52. The lowest BCUT2D eigenvalue weighted by Gasteiger charge is -2.02. The van der Waals surface area contributed by atoms with Crippen LogP contribution < -0.4 is 5.43 Å². The summed E-state index contributed by atoms with van der Waals surface area (Å²) >= 11 is 0. The first kappa shape index (κ1) is 15.1. The van der Waals surface area contributed by atoms with Crippen LogP contribution in [0.15, 0.2) is 54.2 Å². The number of nitro groups is 1. The topological polar surface area (TPSA) is 131 Å². The van der Waals surface area contributed by atoms with Crippen molar-refractivity contribution in [2.24, 2.45) is 5.10 Å². The van der Waals surface area contributed by atoms with Gasteiger partial charge in [-0.1, -0.05) is 0 Å². The van der Waals surface area contributed by atoms with Crippen LogP contribution in [0.25, 0.3) is 5.82 Å². The Balaban J connectivity index is 1.70. The van der Waals surface area contributed by atoms with E-state index < -0.39 is 4.92 Å². The highest BCUT2D eigenvalue weighted by Crippen LogP contribution is 2.21. The molecule has 0 aliphatic heterocycles. The van der Waals surface area contributed by atoms with Gasteiger partial charge in [0, 0.05) is 30.1 Å². The highest BCUT2D eigenvalue weighted by molar-refractivity contribution is 5.84. The van der Waals surface area contributed by atoms with Crippen LogP contribution in [0.5, 0.6) is 5.75 Å². The molecule has 0 spiro atoms. The zero-order valence-electron chi connectivity index (χ0n) is 12.1. The second-order valence-electron chi connectivity index (χ2n) is 4.62. The van der Waals surface area contributed by atoms with Crippen molar-refractivity contribution in [3.05, 3.63) is 64.7 Å². The number of aromatic hydroxyl groups is 1. The van der Waals surface area contributed by atoms with Crippen molar-refractivity contribution in [2.75, 3.05) is 5.43 Å². The molecule has 0 atom stereocenters. The maximum Gasteiger partial charge on any atom is 0.270 e. The number of hydrogen-bond donors (Lipinski definition) is 2. The molecule has 2 heterocycles. The number of hydrogen-bond acceptors (Lipinski definition) is 8. The summed E-state index contributed by atoms with van der Waals surface area (Å²) in [4.78, 5) is 14.1. The molecule has 0 unspecified atom stereocenters. The monoisotopic (exact) mass is 325 g/mol. The van der Waals surface area contributed by atoms with Gasteiger partial charge in [-0.05, 0) is 18.2 Å². The van der Waals surface area contributed by atoms with Crippen molar-refractivity contribution in [3.63, 3.8) is 0 Å². The minimum absolute atomic E-state index is 0.118. The van der Waals surface area contributed by atoms with Gasteiger partial charge in [0.05, 0.1) is 11.1 Å². The van der Waals surface area contributed by atoms with Crippen molar-refractivity contribution in [2.45, 2.75) is 0 Å². The molecule has 10 heteroatoms. The van der Waals surface area contributed by atoms with E-state index in [1.807, 2.05) is 0 Å². The first-order valence-electron chi connectivity index (χ1n) is 6.72. The first-order chi connectivity index (χ1) is 11.6. The molecule has 0 aliphatic rings. The number of nitro benzene ring substituents is 1. The van der Waals surface area contributed by atoms with E-state index in [9.17, 15) is 15.2 Å². The van der Waals surface area contributed by atoms with Crippen LogP contribution >= 0.6 is 0 Å². The quantitative estimate of drug-likeness (QED) is 0.414. The minimum atomic E-state index is -0.551. The molecule has 0 saturated heterocycles. The fourth-order valence-electron chi connectivity index (χ4n) is 1.84. The van der Waals surface area contributed by atoms with Crippen molar-refractivity contribution in [1.29, 1.82) is 0 Å². The zero-order chi connectivity index (χ0) is 16.9. The molecule has 0 aliphatic carbocycles. The van der Waals surface area contributed by atoms with Crippen LogP contribution in [0.1, 0.15) is 5.56 Å². The molecule has 1 aromatic carbocycles. The van der Waals surface area contributed by atoms with Gasteiger partial charge in [0.2, 0.25) is 0 Å². The van der Waals surface area contributed by atoms with Gasteiger partial charge in [0.1, 0.15) is 12.1 Å². The number of non-ortho nitro benzene ring substituents is 1. The van der Waals surface area contributed by atoms with E-state index in [1.165, 1.54) is 24.4 Å². The Hall–Kier alpha value is -3.82. The van der Waals surface area contributed by atoms with Gasteiger partial charge in [0.15, 0.2) is 11.6 Å². The summed E-state index contributed by atoms with van der Waals surface area (Å²) in [5, 5.41) is 32.2. The Morgan fingerprint density at radius 3 is 2.83 bits per heavy atom. The lowest BCUT2D eigenvalue weighted by Crippen LogP contribution is -2.00.